The fourth-order valence-corrected chi connectivity index (χ4v) is 2.28. The SMILES string of the molecule is CC[C@H](C)NC(=O)c1ccc2c(c1)CCCC2. The van der Waals surface area contributed by atoms with Gasteiger partial charge in [-0.2, -0.15) is 0 Å². The summed E-state index contributed by atoms with van der Waals surface area (Å²) in [4.78, 5) is 12.0. The summed E-state index contributed by atoms with van der Waals surface area (Å²) in [5.74, 6) is 0.0627. The summed E-state index contributed by atoms with van der Waals surface area (Å²) < 4.78 is 0. The highest BCUT2D eigenvalue weighted by Crippen LogP contribution is 2.22. The summed E-state index contributed by atoms with van der Waals surface area (Å²) in [6.45, 7) is 4.12. The van der Waals surface area contributed by atoms with Crippen LogP contribution in [-0.2, 0) is 12.8 Å². The lowest BCUT2D eigenvalue weighted by Crippen LogP contribution is -2.32. The first kappa shape index (κ1) is 12.2. The number of rotatable bonds is 3. The molecule has 0 aliphatic heterocycles. The van der Waals surface area contributed by atoms with Crippen molar-refractivity contribution in [1.29, 1.82) is 0 Å². The number of amides is 1. The minimum atomic E-state index is 0.0627. The molecule has 0 saturated carbocycles. The van der Waals surface area contributed by atoms with Crippen LogP contribution in [0.5, 0.6) is 0 Å². The molecule has 1 aromatic rings. The van der Waals surface area contributed by atoms with Crippen molar-refractivity contribution in [1.82, 2.24) is 5.32 Å². The molecule has 92 valence electrons. The van der Waals surface area contributed by atoms with Gasteiger partial charge in [-0.1, -0.05) is 13.0 Å². The average Bonchev–Trinajstić information content (AvgIpc) is 2.38. The molecule has 1 atom stereocenters. The molecule has 1 amide bonds. The predicted octanol–water partition coefficient (Wildman–Crippen LogP) is 3.09. The lowest BCUT2D eigenvalue weighted by Gasteiger charge is -2.17. The zero-order valence-corrected chi connectivity index (χ0v) is 10.8. The van der Waals surface area contributed by atoms with Crippen LogP contribution in [0.25, 0.3) is 0 Å². The second-order valence-corrected chi connectivity index (χ2v) is 4.97. The molecule has 0 spiro atoms. The van der Waals surface area contributed by atoms with E-state index in [0.29, 0.717) is 0 Å². The summed E-state index contributed by atoms with van der Waals surface area (Å²) in [5, 5.41) is 3.01. The third-order valence-corrected chi connectivity index (χ3v) is 3.60. The molecule has 17 heavy (non-hydrogen) atoms. The van der Waals surface area contributed by atoms with Gasteiger partial charge in [0, 0.05) is 11.6 Å². The molecule has 0 radical (unpaired) electrons. The van der Waals surface area contributed by atoms with Crippen molar-refractivity contribution in [3.8, 4) is 0 Å². The van der Waals surface area contributed by atoms with E-state index in [-0.39, 0.29) is 11.9 Å². The topological polar surface area (TPSA) is 29.1 Å². The third kappa shape index (κ3) is 2.87. The average molecular weight is 231 g/mol. The van der Waals surface area contributed by atoms with Crippen molar-refractivity contribution in [2.45, 2.75) is 52.0 Å². The van der Waals surface area contributed by atoms with Gasteiger partial charge in [-0.3, -0.25) is 4.79 Å². The van der Waals surface area contributed by atoms with Gasteiger partial charge in [0.2, 0.25) is 0 Å². The Morgan fingerprint density at radius 3 is 2.71 bits per heavy atom. The normalized spacial score (nSPS) is 16.1. The van der Waals surface area contributed by atoms with Gasteiger partial charge < -0.3 is 5.32 Å². The van der Waals surface area contributed by atoms with E-state index in [0.717, 1.165) is 18.4 Å². The molecule has 1 aliphatic carbocycles. The first-order valence-corrected chi connectivity index (χ1v) is 6.63. The van der Waals surface area contributed by atoms with Gasteiger partial charge in [-0.15, -0.1) is 0 Å². The second-order valence-electron chi connectivity index (χ2n) is 4.97. The van der Waals surface area contributed by atoms with Crippen LogP contribution in [0.15, 0.2) is 18.2 Å². The van der Waals surface area contributed by atoms with Crippen LogP contribution < -0.4 is 5.32 Å². The van der Waals surface area contributed by atoms with Crippen LogP contribution in [-0.4, -0.2) is 11.9 Å². The molecule has 0 unspecified atom stereocenters. The Bertz CT molecular complexity index is 411. The molecule has 2 heteroatoms. The van der Waals surface area contributed by atoms with Gasteiger partial charge in [0.15, 0.2) is 0 Å². The predicted molar refractivity (Wildman–Crippen MR) is 70.3 cm³/mol. The minimum Gasteiger partial charge on any atom is -0.350 e. The molecule has 0 saturated heterocycles. The van der Waals surface area contributed by atoms with E-state index in [9.17, 15) is 4.79 Å². The van der Waals surface area contributed by atoms with Gasteiger partial charge in [0.05, 0.1) is 0 Å². The van der Waals surface area contributed by atoms with E-state index in [2.05, 4.69) is 24.4 Å². The zero-order chi connectivity index (χ0) is 12.3. The Morgan fingerprint density at radius 2 is 2.00 bits per heavy atom. The fourth-order valence-electron chi connectivity index (χ4n) is 2.28. The highest BCUT2D eigenvalue weighted by molar-refractivity contribution is 5.94. The number of hydrogen-bond donors (Lipinski definition) is 1. The third-order valence-electron chi connectivity index (χ3n) is 3.60. The Kier molecular flexibility index (Phi) is 3.82. The van der Waals surface area contributed by atoms with Gasteiger partial charge in [-0.25, -0.2) is 0 Å². The zero-order valence-electron chi connectivity index (χ0n) is 10.8. The quantitative estimate of drug-likeness (QED) is 0.851. The van der Waals surface area contributed by atoms with Crippen LogP contribution in [0.1, 0.15) is 54.6 Å². The van der Waals surface area contributed by atoms with E-state index < -0.39 is 0 Å². The standard InChI is InChI=1S/C15H21NO/c1-3-11(2)16-15(17)14-9-8-12-6-4-5-7-13(12)10-14/h8-11H,3-7H2,1-2H3,(H,16,17)/t11-/m0/s1. The second kappa shape index (κ2) is 5.35. The molecule has 0 heterocycles. The number of benzene rings is 1. The number of fused-ring (bicyclic) bond motifs is 1. The van der Waals surface area contributed by atoms with E-state index in [1.807, 2.05) is 13.0 Å². The monoisotopic (exact) mass is 231 g/mol. The molecule has 0 aromatic heterocycles. The van der Waals surface area contributed by atoms with E-state index >= 15 is 0 Å². The maximum atomic E-state index is 12.0. The Labute approximate surface area is 103 Å². The summed E-state index contributed by atoms with van der Waals surface area (Å²) in [6, 6.07) is 6.41. The van der Waals surface area contributed by atoms with Crippen molar-refractivity contribution in [2.24, 2.45) is 0 Å². The first-order valence-electron chi connectivity index (χ1n) is 6.63. The smallest absolute Gasteiger partial charge is 0.251 e. The maximum absolute atomic E-state index is 12.0. The molecule has 0 fully saturated rings. The number of nitrogens with one attached hydrogen (secondary N) is 1. The highest BCUT2D eigenvalue weighted by atomic mass is 16.1. The largest absolute Gasteiger partial charge is 0.350 e. The van der Waals surface area contributed by atoms with E-state index in [4.69, 9.17) is 0 Å². The molecule has 1 N–H and O–H groups in total. The molecule has 1 aromatic carbocycles. The number of hydrogen-bond acceptors (Lipinski definition) is 1. The summed E-state index contributed by atoms with van der Waals surface area (Å²) in [6.07, 6.45) is 5.80. The summed E-state index contributed by atoms with van der Waals surface area (Å²) >= 11 is 0. The van der Waals surface area contributed by atoms with Crippen molar-refractivity contribution in [2.75, 3.05) is 0 Å². The number of carbonyl (C=O) groups is 1. The van der Waals surface area contributed by atoms with Crippen LogP contribution >= 0.6 is 0 Å². The molecule has 1 aliphatic rings. The van der Waals surface area contributed by atoms with Gasteiger partial charge in [0.1, 0.15) is 0 Å². The number of aryl methyl sites for hydroxylation is 2. The van der Waals surface area contributed by atoms with Gasteiger partial charge in [-0.05, 0) is 62.3 Å². The molecule has 2 nitrogen and oxygen atoms in total. The Morgan fingerprint density at radius 1 is 1.29 bits per heavy atom. The van der Waals surface area contributed by atoms with Crippen molar-refractivity contribution < 1.29 is 4.79 Å². The summed E-state index contributed by atoms with van der Waals surface area (Å²) in [5.41, 5.74) is 3.61. The van der Waals surface area contributed by atoms with Crippen LogP contribution in [0.4, 0.5) is 0 Å². The van der Waals surface area contributed by atoms with Crippen LogP contribution in [0.2, 0.25) is 0 Å². The van der Waals surface area contributed by atoms with Crippen LogP contribution in [0, 0.1) is 0 Å². The van der Waals surface area contributed by atoms with Crippen molar-refractivity contribution >= 4 is 5.91 Å². The maximum Gasteiger partial charge on any atom is 0.251 e. The minimum absolute atomic E-state index is 0.0627. The molecule has 0 bridgehead atoms. The van der Waals surface area contributed by atoms with E-state index in [1.54, 1.807) is 0 Å². The van der Waals surface area contributed by atoms with E-state index in [1.165, 1.54) is 30.4 Å². The fraction of sp³-hybridized carbons (Fsp3) is 0.533. The Hall–Kier alpha value is -1.31. The van der Waals surface area contributed by atoms with Crippen molar-refractivity contribution in [3.63, 3.8) is 0 Å². The van der Waals surface area contributed by atoms with Crippen molar-refractivity contribution in [3.05, 3.63) is 34.9 Å². The lowest BCUT2D eigenvalue weighted by molar-refractivity contribution is 0.0939. The van der Waals surface area contributed by atoms with Crippen LogP contribution in [0.3, 0.4) is 0 Å². The van der Waals surface area contributed by atoms with Gasteiger partial charge in [0.25, 0.3) is 5.91 Å². The molecular formula is C15H21NO. The summed E-state index contributed by atoms with van der Waals surface area (Å²) in [7, 11) is 0. The number of carbonyl (C=O) groups excluding carboxylic acids is 1. The lowest BCUT2D eigenvalue weighted by atomic mass is 9.90. The van der Waals surface area contributed by atoms with Gasteiger partial charge >= 0.3 is 0 Å². The molecule has 2 rings (SSSR count). The molecular weight excluding hydrogens is 210 g/mol. The Balaban J connectivity index is 2.13. The first-order chi connectivity index (χ1) is 8.20. The highest BCUT2D eigenvalue weighted by Gasteiger charge is 2.13.